The number of nitrogen functional groups attached to an aromatic ring is 1. The molecule has 0 aromatic heterocycles. The molecule has 0 spiro atoms. The van der Waals surface area contributed by atoms with Crippen molar-refractivity contribution in [2.24, 2.45) is 0 Å². The first kappa shape index (κ1) is 22.0. The van der Waals surface area contributed by atoms with Crippen molar-refractivity contribution < 1.29 is 12.6 Å². The van der Waals surface area contributed by atoms with Gasteiger partial charge in [-0.3, -0.25) is 0 Å². The maximum absolute atomic E-state index is 13.1. The van der Waals surface area contributed by atoms with Gasteiger partial charge in [0.2, 0.25) is 0 Å². The Hall–Kier alpha value is -2.68. The van der Waals surface area contributed by atoms with Crippen LogP contribution in [-0.2, 0) is 27.4 Å². The maximum atomic E-state index is 13.1. The Balaban J connectivity index is 1.82. The highest BCUT2D eigenvalue weighted by Gasteiger charge is 2.20. The zero-order valence-corrected chi connectivity index (χ0v) is 18.3. The highest BCUT2D eigenvalue weighted by molar-refractivity contribution is 7.92. The van der Waals surface area contributed by atoms with E-state index in [1.807, 2.05) is 6.07 Å². The van der Waals surface area contributed by atoms with Crippen LogP contribution in [0.15, 0.2) is 87.5 Å². The number of rotatable bonds is 9. The summed E-state index contributed by atoms with van der Waals surface area (Å²) in [5.74, 6) is 0. The quantitative estimate of drug-likeness (QED) is 0.264. The first-order valence-corrected chi connectivity index (χ1v) is 12.3. The van der Waals surface area contributed by atoms with Crippen LogP contribution in [0.3, 0.4) is 0 Å². The third-order valence-electron chi connectivity index (χ3n) is 4.44. The van der Waals surface area contributed by atoms with E-state index in [1.54, 1.807) is 66.7 Å². The van der Waals surface area contributed by atoms with E-state index < -0.39 is 20.8 Å². The van der Waals surface area contributed by atoms with Crippen molar-refractivity contribution in [1.82, 2.24) is 5.32 Å². The molecule has 0 radical (unpaired) electrons. The summed E-state index contributed by atoms with van der Waals surface area (Å²) in [6, 6.07) is 20.4. The Morgan fingerprint density at radius 3 is 2.47 bits per heavy atom. The minimum atomic E-state index is -3.47. The summed E-state index contributed by atoms with van der Waals surface area (Å²) in [7, 11) is -4.92. The van der Waals surface area contributed by atoms with Crippen molar-refractivity contribution in [2.45, 2.75) is 34.6 Å². The zero-order chi connectivity index (χ0) is 21.6. The number of nitrogens with one attached hydrogen (secondary N) is 2. The van der Waals surface area contributed by atoms with Gasteiger partial charge in [-0.25, -0.2) is 13.1 Å². The highest BCUT2D eigenvalue weighted by Crippen LogP contribution is 2.24. The molecule has 30 heavy (non-hydrogen) atoms. The molecule has 0 amide bonds. The molecule has 3 aromatic rings. The fourth-order valence-electron chi connectivity index (χ4n) is 2.88. The van der Waals surface area contributed by atoms with Crippen LogP contribution in [0.2, 0.25) is 0 Å². The average molecular weight is 445 g/mol. The molecule has 0 saturated heterocycles. The lowest BCUT2D eigenvalue weighted by molar-refractivity contribution is 0.620. The van der Waals surface area contributed by atoms with Crippen LogP contribution in [0.4, 0.5) is 11.4 Å². The van der Waals surface area contributed by atoms with Crippen molar-refractivity contribution in [3.8, 4) is 0 Å². The first-order valence-electron chi connectivity index (χ1n) is 9.61. The van der Waals surface area contributed by atoms with Crippen LogP contribution in [0.5, 0.6) is 0 Å². The fourth-order valence-corrected chi connectivity index (χ4v) is 5.12. The van der Waals surface area contributed by atoms with Crippen LogP contribution < -0.4 is 15.8 Å². The minimum Gasteiger partial charge on any atom is -0.398 e. The second-order valence-corrected chi connectivity index (χ2v) is 9.98. The Bertz CT molecular complexity index is 1130. The van der Waals surface area contributed by atoms with Crippen LogP contribution >= 0.6 is 0 Å². The first-order chi connectivity index (χ1) is 14.4. The molecule has 5 N–H and O–H groups in total. The molecule has 6 nitrogen and oxygen atoms in total. The molecule has 0 fully saturated rings. The van der Waals surface area contributed by atoms with Gasteiger partial charge in [0.25, 0.3) is 0 Å². The molecule has 0 heterocycles. The van der Waals surface area contributed by atoms with Crippen molar-refractivity contribution in [3.05, 3.63) is 78.4 Å². The van der Waals surface area contributed by atoms with E-state index in [2.05, 4.69) is 17.0 Å². The van der Waals surface area contributed by atoms with Gasteiger partial charge in [0.15, 0.2) is 0 Å². The average Bonchev–Trinajstić information content (AvgIpc) is 2.75. The van der Waals surface area contributed by atoms with Crippen molar-refractivity contribution in [1.29, 1.82) is 0 Å². The van der Waals surface area contributed by atoms with E-state index in [-0.39, 0.29) is 4.90 Å². The molecule has 3 aromatic carbocycles. The van der Waals surface area contributed by atoms with Gasteiger partial charge in [-0.15, -0.1) is 0 Å². The van der Waals surface area contributed by atoms with Gasteiger partial charge in [-0.1, -0.05) is 31.2 Å². The predicted octanol–water partition coefficient (Wildman–Crippen LogP) is 3.89. The lowest BCUT2D eigenvalue weighted by atomic mass is 10.2. The third-order valence-corrected chi connectivity index (χ3v) is 7.23. The molecule has 2 atom stereocenters. The molecule has 2 unspecified atom stereocenters. The summed E-state index contributed by atoms with van der Waals surface area (Å²) in [6.07, 6.45) is 1.02. The number of hydrogen-bond acceptors (Lipinski definition) is 4. The molecule has 158 valence electrons. The van der Waals surface area contributed by atoms with Gasteiger partial charge in [0, 0.05) is 22.0 Å². The Morgan fingerprint density at radius 2 is 1.73 bits per heavy atom. The topological polar surface area (TPSA) is 106 Å². The lowest BCUT2D eigenvalue weighted by Crippen LogP contribution is -2.15. The van der Waals surface area contributed by atoms with E-state index >= 15 is 0 Å². The molecule has 8 heteroatoms. The van der Waals surface area contributed by atoms with Crippen LogP contribution in [0.1, 0.15) is 18.9 Å². The summed E-state index contributed by atoms with van der Waals surface area (Å²) >= 11 is 0. The van der Waals surface area contributed by atoms with Crippen molar-refractivity contribution in [2.75, 3.05) is 17.0 Å². The summed E-state index contributed by atoms with van der Waals surface area (Å²) in [6.45, 7) is 3.57. The van der Waals surface area contributed by atoms with Gasteiger partial charge >= 0.3 is 10.0 Å². The Morgan fingerprint density at radius 1 is 1.00 bits per heavy atom. The van der Waals surface area contributed by atoms with Gasteiger partial charge in [-0.2, -0.15) is 4.21 Å². The van der Waals surface area contributed by atoms with Crippen LogP contribution in [0, 0.1) is 0 Å². The van der Waals surface area contributed by atoms with Gasteiger partial charge in [0.1, 0.15) is 4.90 Å². The molecule has 0 aliphatic rings. The van der Waals surface area contributed by atoms with Gasteiger partial charge in [-0.05, 0) is 67.1 Å². The van der Waals surface area contributed by atoms with E-state index in [4.69, 9.17) is 5.73 Å². The molecule has 0 bridgehead atoms. The number of anilines is 2. The van der Waals surface area contributed by atoms with E-state index in [0.717, 1.165) is 18.5 Å². The number of hydrogen-bond donors (Lipinski definition) is 3. The standard InChI is InChI=1S/C22H25N3O3S2/c1-2-13-24-16-17-14-20(11-12-22(17)23)29(26)19-8-6-7-18(15-19)25-30(27,28)21-9-4-3-5-10-21/h3-12,14-15,24H,2,13,16,23H2,1H3,(H,25,27,28)/p+1. The normalized spacial score (nSPS) is 14.0. The van der Waals surface area contributed by atoms with Crippen molar-refractivity contribution >= 4 is 32.2 Å². The predicted molar refractivity (Wildman–Crippen MR) is 122 cm³/mol. The second-order valence-electron chi connectivity index (χ2n) is 6.77. The van der Waals surface area contributed by atoms with Crippen LogP contribution in [0.25, 0.3) is 0 Å². The molecule has 0 aliphatic heterocycles. The maximum Gasteiger partial charge on any atom is 0.396 e. The van der Waals surface area contributed by atoms with Crippen LogP contribution in [-0.4, -0.2) is 19.2 Å². The highest BCUT2D eigenvalue weighted by atomic mass is 32.2. The number of benzene rings is 3. The Labute approximate surface area is 180 Å². The zero-order valence-electron chi connectivity index (χ0n) is 16.7. The summed E-state index contributed by atoms with van der Waals surface area (Å²) in [5.41, 5.74) is 8.01. The van der Waals surface area contributed by atoms with Gasteiger partial charge in [0.05, 0.1) is 16.5 Å². The SMILES string of the molecule is CCCNCc1cc(S(=O)c2cccc(NS(=O)(=[OH+])c3ccccc3)c2)ccc1N. The Kier molecular flexibility index (Phi) is 7.25. The summed E-state index contributed by atoms with van der Waals surface area (Å²) in [5, 5.41) is 3.30. The van der Waals surface area contributed by atoms with Crippen molar-refractivity contribution in [3.63, 3.8) is 0 Å². The second kappa shape index (κ2) is 9.88. The van der Waals surface area contributed by atoms with E-state index in [9.17, 15) is 12.6 Å². The smallest absolute Gasteiger partial charge is 0.396 e. The monoisotopic (exact) mass is 444 g/mol. The molecule has 0 saturated carbocycles. The molecule has 0 aliphatic carbocycles. The number of nitrogens with two attached hydrogens (primary N) is 1. The fraction of sp³-hybridized carbons (Fsp3) is 0.182. The summed E-state index contributed by atoms with van der Waals surface area (Å²) < 4.78 is 38.8. The largest absolute Gasteiger partial charge is 0.398 e. The minimum absolute atomic E-state index is 0.277. The molecular weight excluding hydrogens is 418 g/mol. The molecule has 3 rings (SSSR count). The summed E-state index contributed by atoms with van der Waals surface area (Å²) in [4.78, 5) is 1.43. The van der Waals surface area contributed by atoms with E-state index in [1.165, 1.54) is 0 Å². The van der Waals surface area contributed by atoms with Gasteiger partial charge < -0.3 is 11.1 Å². The van der Waals surface area contributed by atoms with E-state index in [0.29, 0.717) is 27.7 Å². The lowest BCUT2D eigenvalue weighted by Gasteiger charge is -2.10. The molecular formula is C22H26N3O3S2+. The third kappa shape index (κ3) is 5.47.